The molecular weight excluding hydrogens is 307 g/mol. The van der Waals surface area contributed by atoms with Crippen LogP contribution in [0.25, 0.3) is 0 Å². The highest BCUT2D eigenvalue weighted by Crippen LogP contribution is 2.19. The highest BCUT2D eigenvalue weighted by molar-refractivity contribution is 7.90. The number of nitrogens with zero attached hydrogens (tertiary/aromatic N) is 1. The van der Waals surface area contributed by atoms with Crippen LogP contribution in [0, 0.1) is 5.82 Å². The van der Waals surface area contributed by atoms with Crippen LogP contribution >= 0.6 is 0 Å². The molecule has 22 heavy (non-hydrogen) atoms. The van der Waals surface area contributed by atoms with Gasteiger partial charge in [-0.3, -0.25) is 0 Å². The van der Waals surface area contributed by atoms with Crippen molar-refractivity contribution in [3.63, 3.8) is 0 Å². The fourth-order valence-corrected chi connectivity index (χ4v) is 2.66. The van der Waals surface area contributed by atoms with Crippen molar-refractivity contribution >= 4 is 15.7 Å². The molecule has 1 heterocycles. The number of ether oxygens (including phenoxy) is 1. The predicted molar refractivity (Wildman–Crippen MR) is 82.3 cm³/mol. The van der Waals surface area contributed by atoms with Gasteiger partial charge in [-0.2, -0.15) is 0 Å². The molecule has 0 aliphatic heterocycles. The Morgan fingerprint density at radius 2 is 2.00 bits per heavy atom. The molecule has 1 N–H and O–H groups in total. The Bertz CT molecular complexity index is 750. The zero-order chi connectivity index (χ0) is 16.2. The van der Waals surface area contributed by atoms with Crippen molar-refractivity contribution < 1.29 is 17.5 Å². The van der Waals surface area contributed by atoms with Crippen LogP contribution in [0.4, 0.5) is 10.2 Å². The molecule has 0 fully saturated rings. The lowest BCUT2D eigenvalue weighted by Gasteiger charge is -2.17. The van der Waals surface area contributed by atoms with Crippen LogP contribution in [-0.4, -0.2) is 32.3 Å². The predicted octanol–water partition coefficient (Wildman–Crippen LogP) is 2.50. The maximum Gasteiger partial charge on any atom is 0.179 e. The zero-order valence-electron chi connectivity index (χ0n) is 12.3. The second-order valence-corrected chi connectivity index (χ2v) is 6.85. The van der Waals surface area contributed by atoms with Gasteiger partial charge in [-0.25, -0.2) is 17.8 Å². The monoisotopic (exact) mass is 324 g/mol. The number of para-hydroxylation sites is 1. The first-order valence-corrected chi connectivity index (χ1v) is 8.57. The molecular formula is C15H17FN2O3S. The van der Waals surface area contributed by atoms with Gasteiger partial charge < -0.3 is 10.1 Å². The molecule has 0 saturated heterocycles. The molecule has 1 atom stereocenters. The zero-order valence-corrected chi connectivity index (χ0v) is 13.1. The van der Waals surface area contributed by atoms with E-state index in [0.29, 0.717) is 0 Å². The van der Waals surface area contributed by atoms with E-state index in [2.05, 4.69) is 10.3 Å². The van der Waals surface area contributed by atoms with Crippen LogP contribution in [0.15, 0.2) is 47.5 Å². The van der Waals surface area contributed by atoms with Gasteiger partial charge in [0.05, 0.1) is 6.54 Å². The molecule has 0 aliphatic rings. The summed E-state index contributed by atoms with van der Waals surface area (Å²) >= 11 is 0. The average molecular weight is 324 g/mol. The maximum atomic E-state index is 13.5. The summed E-state index contributed by atoms with van der Waals surface area (Å²) in [4.78, 5) is 4.14. The lowest BCUT2D eigenvalue weighted by Crippen LogP contribution is -2.24. The van der Waals surface area contributed by atoms with E-state index >= 15 is 0 Å². The van der Waals surface area contributed by atoms with E-state index in [9.17, 15) is 12.8 Å². The number of rotatable bonds is 6. The van der Waals surface area contributed by atoms with Gasteiger partial charge in [-0.05, 0) is 31.2 Å². The third-order valence-corrected chi connectivity index (χ3v) is 4.02. The number of hydrogen-bond acceptors (Lipinski definition) is 5. The van der Waals surface area contributed by atoms with Crippen molar-refractivity contribution in [1.82, 2.24) is 4.98 Å². The summed E-state index contributed by atoms with van der Waals surface area (Å²) in [5.41, 5.74) is 0. The SMILES string of the molecule is CC(CNc1ncccc1S(C)(=O)=O)Oc1ccccc1F. The molecule has 0 spiro atoms. The second-order valence-electron chi connectivity index (χ2n) is 4.86. The fourth-order valence-electron chi connectivity index (χ4n) is 1.86. The number of hydrogen-bond donors (Lipinski definition) is 1. The second kappa shape index (κ2) is 6.74. The van der Waals surface area contributed by atoms with Gasteiger partial charge in [0, 0.05) is 12.5 Å². The maximum absolute atomic E-state index is 13.5. The Balaban J connectivity index is 2.03. The van der Waals surface area contributed by atoms with Crippen molar-refractivity contribution in [2.75, 3.05) is 18.1 Å². The van der Waals surface area contributed by atoms with Gasteiger partial charge >= 0.3 is 0 Å². The largest absolute Gasteiger partial charge is 0.486 e. The third-order valence-electron chi connectivity index (χ3n) is 2.89. The topological polar surface area (TPSA) is 68.3 Å². The Hall–Kier alpha value is -2.15. The highest BCUT2D eigenvalue weighted by atomic mass is 32.2. The van der Waals surface area contributed by atoms with E-state index < -0.39 is 15.7 Å². The van der Waals surface area contributed by atoms with Gasteiger partial charge in [0.2, 0.25) is 0 Å². The van der Waals surface area contributed by atoms with Crippen LogP contribution in [0.5, 0.6) is 5.75 Å². The molecule has 7 heteroatoms. The molecule has 0 amide bonds. The van der Waals surface area contributed by atoms with E-state index in [0.717, 1.165) is 6.26 Å². The van der Waals surface area contributed by atoms with Crippen molar-refractivity contribution in [2.45, 2.75) is 17.9 Å². The van der Waals surface area contributed by atoms with Gasteiger partial charge in [0.1, 0.15) is 16.8 Å². The summed E-state index contributed by atoms with van der Waals surface area (Å²) in [5, 5.41) is 2.92. The Kier molecular flexibility index (Phi) is 4.97. The fraction of sp³-hybridized carbons (Fsp3) is 0.267. The molecule has 0 bridgehead atoms. The first-order valence-electron chi connectivity index (χ1n) is 6.68. The van der Waals surface area contributed by atoms with Gasteiger partial charge in [0.25, 0.3) is 0 Å². The van der Waals surface area contributed by atoms with Crippen molar-refractivity contribution in [1.29, 1.82) is 0 Å². The molecule has 1 aromatic carbocycles. The van der Waals surface area contributed by atoms with Crippen molar-refractivity contribution in [3.05, 3.63) is 48.4 Å². The Morgan fingerprint density at radius 3 is 2.68 bits per heavy atom. The smallest absolute Gasteiger partial charge is 0.179 e. The van der Waals surface area contributed by atoms with Crippen LogP contribution < -0.4 is 10.1 Å². The summed E-state index contributed by atoms with van der Waals surface area (Å²) in [5.74, 6) is -0.0286. The van der Waals surface area contributed by atoms with Crippen molar-refractivity contribution in [2.24, 2.45) is 0 Å². The first kappa shape index (κ1) is 16.2. The summed E-state index contributed by atoms with van der Waals surface area (Å²) in [7, 11) is -3.37. The number of aromatic nitrogens is 1. The molecule has 0 saturated carbocycles. The van der Waals surface area contributed by atoms with Gasteiger partial charge in [-0.1, -0.05) is 12.1 Å². The molecule has 2 aromatic rings. The molecule has 0 radical (unpaired) electrons. The number of pyridine rings is 1. The molecule has 118 valence electrons. The molecule has 2 rings (SSSR count). The molecule has 1 unspecified atom stereocenters. The number of halogens is 1. The summed E-state index contributed by atoms with van der Waals surface area (Å²) < 4.78 is 42.3. The number of benzene rings is 1. The summed E-state index contributed by atoms with van der Waals surface area (Å²) in [6.45, 7) is 2.04. The van der Waals surface area contributed by atoms with E-state index in [-0.39, 0.29) is 29.1 Å². The Morgan fingerprint density at radius 1 is 1.27 bits per heavy atom. The van der Waals surface area contributed by atoms with Crippen molar-refractivity contribution in [3.8, 4) is 5.75 Å². The quantitative estimate of drug-likeness (QED) is 0.884. The Labute approximate surface area is 129 Å². The minimum absolute atomic E-state index is 0.119. The minimum Gasteiger partial charge on any atom is -0.486 e. The lowest BCUT2D eigenvalue weighted by molar-refractivity contribution is 0.224. The summed E-state index contributed by atoms with van der Waals surface area (Å²) in [6, 6.07) is 9.15. The van der Waals surface area contributed by atoms with E-state index in [1.807, 2.05) is 0 Å². The normalized spacial score (nSPS) is 12.7. The van der Waals surface area contributed by atoms with Crippen LogP contribution in [0.3, 0.4) is 0 Å². The van der Waals surface area contributed by atoms with Crippen LogP contribution in [-0.2, 0) is 9.84 Å². The van der Waals surface area contributed by atoms with Gasteiger partial charge in [-0.15, -0.1) is 0 Å². The van der Waals surface area contributed by atoms with Crippen LogP contribution in [0.2, 0.25) is 0 Å². The number of nitrogens with one attached hydrogen (secondary N) is 1. The molecule has 1 aromatic heterocycles. The standard InChI is InChI=1S/C15H17FN2O3S/c1-11(21-13-7-4-3-6-12(13)16)10-18-15-14(22(2,19)20)8-5-9-17-15/h3-9,11H,10H2,1-2H3,(H,17,18). The van der Waals surface area contributed by atoms with Gasteiger partial charge in [0.15, 0.2) is 21.4 Å². The number of anilines is 1. The first-order chi connectivity index (χ1) is 10.4. The minimum atomic E-state index is -3.37. The van der Waals surface area contributed by atoms with Crippen LogP contribution in [0.1, 0.15) is 6.92 Å². The summed E-state index contributed by atoms with van der Waals surface area (Å²) in [6.07, 6.45) is 2.25. The average Bonchev–Trinajstić information content (AvgIpc) is 2.47. The highest BCUT2D eigenvalue weighted by Gasteiger charge is 2.15. The number of sulfone groups is 1. The van der Waals surface area contributed by atoms with E-state index in [1.54, 1.807) is 25.1 Å². The molecule has 0 aliphatic carbocycles. The lowest BCUT2D eigenvalue weighted by atomic mass is 10.3. The van der Waals surface area contributed by atoms with E-state index in [1.165, 1.54) is 24.4 Å². The van der Waals surface area contributed by atoms with E-state index in [4.69, 9.17) is 4.74 Å². The molecule has 5 nitrogen and oxygen atoms in total. The third kappa shape index (κ3) is 4.17.